The summed E-state index contributed by atoms with van der Waals surface area (Å²) in [5.74, 6) is 12.7. The van der Waals surface area contributed by atoms with Crippen molar-refractivity contribution in [3.8, 4) is 0 Å². The number of nitrogens with one attached hydrogen (secondary N) is 1. The molecular weight excluding hydrogens is 511 g/mol. The van der Waals surface area contributed by atoms with Gasteiger partial charge in [0.25, 0.3) is 0 Å². The molecule has 0 heterocycles. The molecule has 3 fully saturated rings. The molecule has 6 heteroatoms. The normalized spacial score (nSPS) is 41.5. The maximum Gasteiger partial charge on any atom is 1.00 e. The van der Waals surface area contributed by atoms with E-state index in [4.69, 9.17) is 5.90 Å². The van der Waals surface area contributed by atoms with Crippen molar-refractivity contribution >= 4 is 5.78 Å². The Morgan fingerprint density at radius 3 is 2.48 bits per heavy atom. The second-order valence-electron chi connectivity index (χ2n) is 8.67. The topological polar surface area (TPSA) is 76.1 Å². The van der Waals surface area contributed by atoms with Crippen LogP contribution in [0.15, 0.2) is 11.6 Å². The minimum atomic E-state index is 0. The zero-order chi connectivity index (χ0) is 16.7. The first-order valence-corrected chi connectivity index (χ1v) is 9.21. The molecule has 25 heavy (non-hydrogen) atoms. The van der Waals surface area contributed by atoms with Crippen molar-refractivity contribution in [3.05, 3.63) is 17.5 Å². The van der Waals surface area contributed by atoms with E-state index in [1.807, 2.05) is 6.08 Å². The fraction of sp³-hybridized carbons (Fsp3) is 0.842. The minimum Gasteiger partial charge on any atom is -0.529 e. The van der Waals surface area contributed by atoms with Gasteiger partial charge in [0.15, 0.2) is 5.78 Å². The second kappa shape index (κ2) is 9.89. The number of hydrogen-bond donors (Lipinski definition) is 1. The molecule has 4 aliphatic rings. The number of hydrogen-bond acceptors (Lipinski definition) is 3. The number of carbonyl (C=O) groups is 1. The minimum absolute atomic E-state index is 0. The Labute approximate surface area is 209 Å². The van der Waals surface area contributed by atoms with Crippen LogP contribution in [0, 0.1) is 28.6 Å². The van der Waals surface area contributed by atoms with Crippen LogP contribution in [0.4, 0.5) is 0 Å². The first-order valence-electron chi connectivity index (χ1n) is 9.21. The van der Waals surface area contributed by atoms with Crippen molar-refractivity contribution in [2.75, 3.05) is 0 Å². The molecule has 5 atom stereocenters. The predicted octanol–water partition coefficient (Wildman–Crippen LogP) is 1.75. The van der Waals surface area contributed by atoms with Crippen LogP contribution in [-0.2, 0) is 30.8 Å². The van der Waals surface area contributed by atoms with Crippen molar-refractivity contribution in [1.29, 1.82) is 0 Å². The van der Waals surface area contributed by atoms with Crippen LogP contribution in [0.3, 0.4) is 0 Å². The maximum absolute atomic E-state index is 11.8. The van der Waals surface area contributed by atoms with Crippen molar-refractivity contribution < 1.29 is 82.2 Å². The molecule has 0 aromatic heterocycles. The van der Waals surface area contributed by atoms with Crippen LogP contribution < -0.4 is 57.3 Å². The largest absolute Gasteiger partial charge is 1.00 e. The number of carbonyl (C=O) groups excluding carboxylic acids is 1. The van der Waals surface area contributed by atoms with Gasteiger partial charge in [0.1, 0.15) is 0 Å². The summed E-state index contributed by atoms with van der Waals surface area (Å²) in [4.78, 5) is 14.8. The van der Waals surface area contributed by atoms with Gasteiger partial charge in [0, 0.05) is 27.5 Å². The summed E-state index contributed by atoms with van der Waals surface area (Å²) in [6, 6.07) is 0. The van der Waals surface area contributed by atoms with E-state index in [-0.39, 0.29) is 72.4 Å². The Hall–Kier alpha value is 1.61. The quantitative estimate of drug-likeness (QED) is 0.375. The smallest absolute Gasteiger partial charge is 0.529 e. The van der Waals surface area contributed by atoms with E-state index in [2.05, 4.69) is 24.7 Å². The van der Waals surface area contributed by atoms with Crippen LogP contribution in [0.1, 0.15) is 71.6 Å². The molecule has 0 aliphatic heterocycles. The summed E-state index contributed by atoms with van der Waals surface area (Å²) >= 11 is 0. The Bertz CT molecular complexity index is 516. The third-order valence-corrected chi connectivity index (χ3v) is 7.74. The standard InChI is InChI=1S/C19H28O.K.H3N2O.W/c1-18-9-3-4-16(18)15-6-5-13-12-14(20)7-11-19(13,2)17(15)8-10-18;;1-3-2;/h12,15-17H,3-11H2,1-2H3;;1H,2H2;/q;+1;-1;/t15?,16?,17?,18-,19-;;;/m0.../s1. The Morgan fingerprint density at radius 2 is 1.80 bits per heavy atom. The molecular formula is C19H31KN2O2W. The van der Waals surface area contributed by atoms with Gasteiger partial charge in [-0.25, -0.2) is 5.90 Å². The van der Waals surface area contributed by atoms with Gasteiger partial charge >= 0.3 is 51.4 Å². The van der Waals surface area contributed by atoms with Gasteiger partial charge in [-0.1, -0.05) is 25.8 Å². The summed E-state index contributed by atoms with van der Waals surface area (Å²) in [6.07, 6.45) is 13.8. The number of ketones is 1. The SMILES string of the molecule is C[C@@]12CCCC1C1CCC3=CC(=O)CC[C@]3(C)C1CC2.[K+].[NH-]ON.[W]. The Balaban J connectivity index is 0.000000586. The molecule has 0 radical (unpaired) electrons. The van der Waals surface area contributed by atoms with Gasteiger partial charge in [-0.05, 0) is 79.6 Å². The summed E-state index contributed by atoms with van der Waals surface area (Å²) in [5.41, 5.74) is 2.53. The van der Waals surface area contributed by atoms with Crippen LogP contribution in [0.5, 0.6) is 0 Å². The molecule has 3 N–H and O–H groups in total. The van der Waals surface area contributed by atoms with Crippen LogP contribution >= 0.6 is 0 Å². The molecule has 4 nitrogen and oxygen atoms in total. The number of allylic oxidation sites excluding steroid dienone is 1. The summed E-state index contributed by atoms with van der Waals surface area (Å²) in [6.45, 7) is 5.05. The van der Waals surface area contributed by atoms with Crippen molar-refractivity contribution in [2.24, 2.45) is 34.5 Å². The first-order chi connectivity index (χ1) is 10.9. The van der Waals surface area contributed by atoms with E-state index in [9.17, 15) is 4.79 Å². The summed E-state index contributed by atoms with van der Waals surface area (Å²) < 4.78 is 0. The molecule has 4 aliphatic carbocycles. The fourth-order valence-corrected chi connectivity index (χ4v) is 6.55. The van der Waals surface area contributed by atoms with E-state index < -0.39 is 0 Å². The van der Waals surface area contributed by atoms with Crippen molar-refractivity contribution in [3.63, 3.8) is 0 Å². The molecule has 4 rings (SSSR count). The fourth-order valence-electron chi connectivity index (χ4n) is 6.55. The van der Waals surface area contributed by atoms with Gasteiger partial charge in [0.2, 0.25) is 0 Å². The third kappa shape index (κ3) is 4.62. The molecule has 3 saturated carbocycles. The zero-order valence-corrected chi connectivity index (χ0v) is 22.0. The molecule has 0 aromatic carbocycles. The van der Waals surface area contributed by atoms with Gasteiger partial charge in [0.05, 0.1) is 0 Å². The van der Waals surface area contributed by atoms with Crippen LogP contribution in [0.25, 0.3) is 5.90 Å². The number of rotatable bonds is 0. The number of fused-ring (bicyclic) bond motifs is 5. The van der Waals surface area contributed by atoms with Crippen molar-refractivity contribution in [2.45, 2.75) is 71.6 Å². The van der Waals surface area contributed by atoms with E-state index in [1.54, 1.807) is 0 Å². The molecule has 0 saturated heterocycles. The molecule has 136 valence electrons. The van der Waals surface area contributed by atoms with E-state index in [1.165, 1.54) is 50.5 Å². The van der Waals surface area contributed by atoms with Crippen molar-refractivity contribution in [1.82, 2.24) is 0 Å². The van der Waals surface area contributed by atoms with Crippen LogP contribution in [0.2, 0.25) is 0 Å². The summed E-state index contributed by atoms with van der Waals surface area (Å²) in [7, 11) is 0. The van der Waals surface area contributed by atoms with E-state index in [0.29, 0.717) is 16.6 Å². The van der Waals surface area contributed by atoms with Gasteiger partial charge in [-0.15, -0.1) is 0 Å². The van der Waals surface area contributed by atoms with Crippen LogP contribution in [-0.4, -0.2) is 5.78 Å². The Kier molecular flexibility index (Phi) is 9.75. The van der Waals surface area contributed by atoms with Gasteiger partial charge in [-0.3, -0.25) is 4.79 Å². The van der Waals surface area contributed by atoms with Gasteiger partial charge in [-0.2, -0.15) is 0 Å². The molecule has 0 spiro atoms. The van der Waals surface area contributed by atoms with E-state index in [0.717, 1.165) is 30.6 Å². The average Bonchev–Trinajstić information content (AvgIpc) is 2.90. The first kappa shape index (κ1) is 24.7. The Morgan fingerprint density at radius 1 is 1.12 bits per heavy atom. The molecule has 0 bridgehead atoms. The predicted molar refractivity (Wildman–Crippen MR) is 90.9 cm³/mol. The monoisotopic (exact) mass is 542 g/mol. The molecule has 0 amide bonds. The third-order valence-electron chi connectivity index (χ3n) is 7.74. The molecule has 3 unspecified atom stereocenters. The van der Waals surface area contributed by atoms with E-state index >= 15 is 0 Å². The van der Waals surface area contributed by atoms with Gasteiger partial charge < -0.3 is 10.8 Å². The molecule has 0 aromatic rings. The maximum atomic E-state index is 11.8. The number of nitrogens with two attached hydrogens (primary N) is 1. The average molecular weight is 542 g/mol. The summed E-state index contributed by atoms with van der Waals surface area (Å²) in [5, 5.41) is 0. The second-order valence-corrected chi connectivity index (χ2v) is 8.67. The zero-order valence-electron chi connectivity index (χ0n) is 16.0.